The van der Waals surface area contributed by atoms with Crippen LogP contribution in [0.4, 0.5) is 0 Å². The number of furan rings is 1. The molecule has 152 valence electrons. The highest BCUT2D eigenvalue weighted by Gasteiger charge is 2.18. The van der Waals surface area contributed by atoms with Crippen molar-refractivity contribution < 1.29 is 9.21 Å². The first-order valence-corrected chi connectivity index (χ1v) is 11.2. The molecule has 0 saturated heterocycles. The molecule has 0 saturated carbocycles. The number of carbonyl (C=O) groups is 1. The highest BCUT2D eigenvalue weighted by atomic mass is 32.2. The summed E-state index contributed by atoms with van der Waals surface area (Å²) in [6, 6.07) is 5.48. The van der Waals surface area contributed by atoms with E-state index >= 15 is 0 Å². The third kappa shape index (κ3) is 4.08. The molecule has 10 heteroatoms. The van der Waals surface area contributed by atoms with Crippen LogP contribution in [0, 0.1) is 5.92 Å². The fraction of sp³-hybridized carbons (Fsp3) is 0.368. The van der Waals surface area contributed by atoms with Crippen LogP contribution in [0.5, 0.6) is 0 Å². The average molecular weight is 432 g/mol. The summed E-state index contributed by atoms with van der Waals surface area (Å²) in [6.07, 6.45) is 2.44. The molecule has 0 aromatic carbocycles. The van der Waals surface area contributed by atoms with Gasteiger partial charge in [-0.3, -0.25) is 18.6 Å². The van der Waals surface area contributed by atoms with Gasteiger partial charge in [-0.1, -0.05) is 25.6 Å². The Morgan fingerprint density at radius 3 is 2.97 bits per heavy atom. The van der Waals surface area contributed by atoms with Crippen LogP contribution in [0.25, 0.3) is 16.0 Å². The van der Waals surface area contributed by atoms with E-state index < -0.39 is 0 Å². The maximum absolute atomic E-state index is 12.9. The van der Waals surface area contributed by atoms with Gasteiger partial charge < -0.3 is 9.73 Å². The van der Waals surface area contributed by atoms with Crippen LogP contribution in [0.2, 0.25) is 0 Å². The van der Waals surface area contributed by atoms with Crippen molar-refractivity contribution in [2.45, 2.75) is 38.5 Å². The molecule has 4 rings (SSSR count). The molecule has 4 heterocycles. The number of hydrogen-bond donors (Lipinski definition) is 1. The van der Waals surface area contributed by atoms with Crippen molar-refractivity contribution in [3.63, 3.8) is 0 Å². The Bertz CT molecular complexity index is 1190. The lowest BCUT2D eigenvalue weighted by Crippen LogP contribution is -2.24. The molecule has 8 nitrogen and oxygen atoms in total. The fourth-order valence-corrected chi connectivity index (χ4v) is 4.56. The number of hydrogen-bond acceptors (Lipinski definition) is 7. The van der Waals surface area contributed by atoms with E-state index in [1.807, 2.05) is 21.9 Å². The van der Waals surface area contributed by atoms with E-state index in [-0.39, 0.29) is 17.2 Å². The van der Waals surface area contributed by atoms with Gasteiger partial charge in [0.15, 0.2) is 5.16 Å². The molecule has 0 bridgehead atoms. The van der Waals surface area contributed by atoms with Gasteiger partial charge in [0.25, 0.3) is 5.56 Å². The van der Waals surface area contributed by atoms with Gasteiger partial charge >= 0.3 is 0 Å². The van der Waals surface area contributed by atoms with E-state index in [2.05, 4.69) is 29.4 Å². The smallest absolute Gasteiger partial charge is 0.272 e. The van der Waals surface area contributed by atoms with Gasteiger partial charge in [0.2, 0.25) is 11.7 Å². The van der Waals surface area contributed by atoms with Crippen LogP contribution in [0.3, 0.4) is 0 Å². The lowest BCUT2D eigenvalue weighted by Gasteiger charge is -2.10. The van der Waals surface area contributed by atoms with Gasteiger partial charge in [-0.05, 0) is 35.9 Å². The fourth-order valence-electron chi connectivity index (χ4n) is 2.96. The van der Waals surface area contributed by atoms with Crippen LogP contribution >= 0.6 is 23.1 Å². The molecule has 0 fully saturated rings. The monoisotopic (exact) mass is 431 g/mol. The number of nitrogens with zero attached hydrogens (tertiary/aromatic N) is 4. The molecule has 0 aliphatic heterocycles. The predicted octanol–water partition coefficient (Wildman–Crippen LogP) is 3.15. The van der Waals surface area contributed by atoms with Crippen LogP contribution in [-0.4, -0.2) is 30.8 Å². The van der Waals surface area contributed by atoms with Crippen molar-refractivity contribution in [1.29, 1.82) is 0 Å². The van der Waals surface area contributed by atoms with Gasteiger partial charge in [-0.2, -0.15) is 0 Å². The zero-order chi connectivity index (χ0) is 20.4. The quantitative estimate of drug-likeness (QED) is 0.431. The van der Waals surface area contributed by atoms with Crippen molar-refractivity contribution in [2.24, 2.45) is 5.92 Å². The highest BCUT2D eigenvalue weighted by molar-refractivity contribution is 7.99. The summed E-state index contributed by atoms with van der Waals surface area (Å²) < 4.78 is 9.45. The predicted molar refractivity (Wildman–Crippen MR) is 113 cm³/mol. The van der Waals surface area contributed by atoms with Crippen molar-refractivity contribution in [1.82, 2.24) is 24.5 Å². The zero-order valence-corrected chi connectivity index (χ0v) is 17.8. The number of thiophene rings is 1. The van der Waals surface area contributed by atoms with Gasteiger partial charge in [0, 0.05) is 6.54 Å². The van der Waals surface area contributed by atoms with Crippen LogP contribution in [-0.2, 0) is 17.9 Å². The summed E-state index contributed by atoms with van der Waals surface area (Å²) in [5.74, 6) is 1.75. The first-order chi connectivity index (χ1) is 14.0. The summed E-state index contributed by atoms with van der Waals surface area (Å²) in [5, 5.41) is 13.8. The molecule has 0 atom stereocenters. The number of fused-ring (bicyclic) bond motifs is 3. The zero-order valence-electron chi connectivity index (χ0n) is 16.1. The Hall–Kier alpha value is -2.59. The van der Waals surface area contributed by atoms with E-state index in [4.69, 9.17) is 4.42 Å². The minimum absolute atomic E-state index is 0.0386. The Morgan fingerprint density at radius 1 is 1.34 bits per heavy atom. The molecule has 1 amide bonds. The third-order valence-corrected chi connectivity index (χ3v) is 6.31. The van der Waals surface area contributed by atoms with Crippen LogP contribution < -0.4 is 10.9 Å². The molecule has 0 aliphatic carbocycles. The number of aryl methyl sites for hydroxylation is 1. The summed E-state index contributed by atoms with van der Waals surface area (Å²) in [7, 11) is 0. The normalized spacial score (nSPS) is 11.7. The molecule has 0 spiro atoms. The third-order valence-electron chi connectivity index (χ3n) is 4.48. The maximum atomic E-state index is 12.9. The molecule has 1 N–H and O–H groups in total. The minimum Gasteiger partial charge on any atom is -0.467 e. The Balaban J connectivity index is 1.58. The standard InChI is InChI=1S/C19H21N5O3S2/c1-12(2)5-7-23-17(26)16-14(6-9-28-16)24-18(23)21-22-19(24)29-11-15(25)20-10-13-4-3-8-27-13/h3-4,6,8-9,12H,5,7,10-11H2,1-2H3,(H,20,25). The Labute approximate surface area is 174 Å². The molecule has 0 aliphatic rings. The topological polar surface area (TPSA) is 94.4 Å². The SMILES string of the molecule is CC(C)CCn1c(=O)c2sccc2n2c(SCC(=O)NCc3ccco3)nnc12. The number of aromatic nitrogens is 4. The van der Waals surface area contributed by atoms with E-state index in [0.717, 1.165) is 11.9 Å². The van der Waals surface area contributed by atoms with Crippen molar-refractivity contribution in [3.8, 4) is 0 Å². The second-order valence-electron chi connectivity index (χ2n) is 7.04. The lowest BCUT2D eigenvalue weighted by atomic mass is 10.1. The van der Waals surface area contributed by atoms with Crippen LogP contribution in [0.1, 0.15) is 26.0 Å². The molecular weight excluding hydrogens is 410 g/mol. The summed E-state index contributed by atoms with van der Waals surface area (Å²) in [6.45, 7) is 5.17. The van der Waals surface area contributed by atoms with Crippen molar-refractivity contribution >= 4 is 45.0 Å². The van der Waals surface area contributed by atoms with E-state index in [1.165, 1.54) is 23.1 Å². The first-order valence-electron chi connectivity index (χ1n) is 9.31. The van der Waals surface area contributed by atoms with Gasteiger partial charge in [-0.25, -0.2) is 0 Å². The largest absolute Gasteiger partial charge is 0.467 e. The second-order valence-corrected chi connectivity index (χ2v) is 8.90. The Morgan fingerprint density at radius 2 is 2.21 bits per heavy atom. The van der Waals surface area contributed by atoms with Gasteiger partial charge in [-0.15, -0.1) is 21.5 Å². The number of carbonyl (C=O) groups excluding carboxylic acids is 1. The second kappa shape index (κ2) is 8.42. The average Bonchev–Trinajstić information content (AvgIpc) is 3.44. The maximum Gasteiger partial charge on any atom is 0.272 e. The van der Waals surface area contributed by atoms with E-state index in [0.29, 0.717) is 40.4 Å². The molecular formula is C19H21N5O3S2. The van der Waals surface area contributed by atoms with Crippen molar-refractivity contribution in [2.75, 3.05) is 5.75 Å². The minimum atomic E-state index is -0.127. The Kier molecular flexibility index (Phi) is 5.72. The van der Waals surface area contributed by atoms with Gasteiger partial charge in [0.05, 0.1) is 24.1 Å². The van der Waals surface area contributed by atoms with Crippen LogP contribution in [0.15, 0.2) is 44.2 Å². The molecule has 4 aromatic rings. The molecule has 0 radical (unpaired) electrons. The number of rotatable bonds is 8. The number of nitrogens with one attached hydrogen (secondary N) is 1. The van der Waals surface area contributed by atoms with Gasteiger partial charge in [0.1, 0.15) is 10.5 Å². The molecule has 29 heavy (non-hydrogen) atoms. The lowest BCUT2D eigenvalue weighted by molar-refractivity contribution is -0.118. The number of thioether (sulfide) groups is 1. The molecule has 4 aromatic heterocycles. The van der Waals surface area contributed by atoms with Crippen molar-refractivity contribution in [3.05, 3.63) is 46.0 Å². The number of amides is 1. The highest BCUT2D eigenvalue weighted by Crippen LogP contribution is 2.24. The first kappa shape index (κ1) is 19.7. The molecule has 0 unspecified atom stereocenters. The van der Waals surface area contributed by atoms with E-state index in [1.54, 1.807) is 16.9 Å². The summed E-state index contributed by atoms with van der Waals surface area (Å²) in [5.41, 5.74) is 0.739. The van der Waals surface area contributed by atoms with E-state index in [9.17, 15) is 9.59 Å². The summed E-state index contributed by atoms with van der Waals surface area (Å²) >= 11 is 2.71. The summed E-state index contributed by atoms with van der Waals surface area (Å²) in [4.78, 5) is 25.1.